The minimum Gasteiger partial charge on any atom is -0.481 e. The van der Waals surface area contributed by atoms with Crippen LogP contribution in [0.3, 0.4) is 0 Å². The van der Waals surface area contributed by atoms with Crippen molar-refractivity contribution in [1.82, 2.24) is 0 Å². The highest BCUT2D eigenvalue weighted by atomic mass is 19.1. The number of benzene rings is 1. The van der Waals surface area contributed by atoms with Gasteiger partial charge in [-0.1, -0.05) is 0 Å². The quantitative estimate of drug-likeness (QED) is 0.673. The summed E-state index contributed by atoms with van der Waals surface area (Å²) < 4.78 is 12.7. The SMILES string of the molecule is Nc1cc(F)ccc1NC(=O)CCC(=O)O. The summed E-state index contributed by atoms with van der Waals surface area (Å²) in [6, 6.07) is 3.55. The van der Waals surface area contributed by atoms with Gasteiger partial charge in [0.1, 0.15) is 5.82 Å². The number of carbonyl (C=O) groups is 2. The summed E-state index contributed by atoms with van der Waals surface area (Å²) >= 11 is 0. The molecule has 1 aromatic carbocycles. The van der Waals surface area contributed by atoms with Crippen LogP contribution in [0, 0.1) is 5.82 Å². The smallest absolute Gasteiger partial charge is 0.303 e. The molecule has 16 heavy (non-hydrogen) atoms. The van der Waals surface area contributed by atoms with Gasteiger partial charge >= 0.3 is 5.97 Å². The Morgan fingerprint density at radius 2 is 2.06 bits per heavy atom. The molecule has 0 bridgehead atoms. The van der Waals surface area contributed by atoms with E-state index in [1.165, 1.54) is 6.07 Å². The molecule has 5 nitrogen and oxygen atoms in total. The molecule has 6 heteroatoms. The molecule has 0 saturated carbocycles. The highest BCUT2D eigenvalue weighted by Gasteiger charge is 2.07. The Hall–Kier alpha value is -2.11. The van der Waals surface area contributed by atoms with E-state index < -0.39 is 17.7 Å². The maximum Gasteiger partial charge on any atom is 0.303 e. The standard InChI is InChI=1S/C10H11FN2O3/c11-6-1-2-8(7(12)5-6)13-9(14)3-4-10(15)16/h1-2,5H,3-4,12H2,(H,13,14)(H,15,16). The fraction of sp³-hybridized carbons (Fsp3) is 0.200. The Balaban J connectivity index is 2.59. The van der Waals surface area contributed by atoms with Crippen LogP contribution >= 0.6 is 0 Å². The van der Waals surface area contributed by atoms with E-state index in [-0.39, 0.29) is 24.2 Å². The molecule has 0 saturated heterocycles. The van der Waals surface area contributed by atoms with E-state index in [2.05, 4.69) is 5.32 Å². The zero-order valence-corrected chi connectivity index (χ0v) is 8.37. The molecular formula is C10H11FN2O3. The van der Waals surface area contributed by atoms with Gasteiger partial charge in [-0.3, -0.25) is 9.59 Å². The number of nitrogens with two attached hydrogens (primary N) is 1. The second kappa shape index (κ2) is 5.11. The fourth-order valence-electron chi connectivity index (χ4n) is 1.08. The van der Waals surface area contributed by atoms with Gasteiger partial charge < -0.3 is 16.2 Å². The summed E-state index contributed by atoms with van der Waals surface area (Å²) in [7, 11) is 0. The lowest BCUT2D eigenvalue weighted by Gasteiger charge is -2.07. The third-order valence-electron chi connectivity index (χ3n) is 1.85. The van der Waals surface area contributed by atoms with Gasteiger partial charge in [0.15, 0.2) is 0 Å². The molecule has 0 fully saturated rings. The van der Waals surface area contributed by atoms with Gasteiger partial charge in [-0.05, 0) is 18.2 Å². The van der Waals surface area contributed by atoms with Crippen molar-refractivity contribution < 1.29 is 19.1 Å². The Kier molecular flexibility index (Phi) is 3.82. The maximum atomic E-state index is 12.7. The Morgan fingerprint density at radius 3 is 2.62 bits per heavy atom. The molecule has 0 aromatic heterocycles. The highest BCUT2D eigenvalue weighted by Crippen LogP contribution is 2.19. The molecule has 1 aromatic rings. The molecule has 1 amide bonds. The number of hydrogen-bond donors (Lipinski definition) is 3. The lowest BCUT2D eigenvalue weighted by molar-refractivity contribution is -0.138. The van der Waals surface area contributed by atoms with Crippen molar-refractivity contribution in [2.45, 2.75) is 12.8 Å². The number of hydrogen-bond acceptors (Lipinski definition) is 3. The summed E-state index contributed by atoms with van der Waals surface area (Å²) in [5, 5.41) is 10.8. The van der Waals surface area contributed by atoms with E-state index in [9.17, 15) is 14.0 Å². The van der Waals surface area contributed by atoms with Crippen LogP contribution in [-0.4, -0.2) is 17.0 Å². The van der Waals surface area contributed by atoms with Crippen LogP contribution < -0.4 is 11.1 Å². The predicted octanol–water partition coefficient (Wildman–Crippen LogP) is 1.21. The molecule has 1 rings (SSSR count). The number of nitrogen functional groups attached to an aromatic ring is 1. The summed E-state index contributed by atoms with van der Waals surface area (Å²) in [6.45, 7) is 0. The van der Waals surface area contributed by atoms with Crippen LogP contribution in [0.2, 0.25) is 0 Å². The van der Waals surface area contributed by atoms with Crippen molar-refractivity contribution in [1.29, 1.82) is 0 Å². The van der Waals surface area contributed by atoms with Crippen LogP contribution in [0.25, 0.3) is 0 Å². The van der Waals surface area contributed by atoms with Gasteiger partial charge in [0.2, 0.25) is 5.91 Å². The Morgan fingerprint density at radius 1 is 1.38 bits per heavy atom. The van der Waals surface area contributed by atoms with Gasteiger partial charge in [0.25, 0.3) is 0 Å². The number of aliphatic carboxylic acids is 1. The Labute approximate surface area is 91.1 Å². The topological polar surface area (TPSA) is 92.4 Å². The first-order valence-corrected chi connectivity index (χ1v) is 4.55. The first-order chi connectivity index (χ1) is 7.49. The summed E-state index contributed by atoms with van der Waals surface area (Å²) in [5.74, 6) is -2.02. The van der Waals surface area contributed by atoms with Gasteiger partial charge in [-0.25, -0.2) is 4.39 Å². The second-order valence-electron chi connectivity index (χ2n) is 3.17. The van der Waals surface area contributed by atoms with Crippen LogP contribution in [0.4, 0.5) is 15.8 Å². The molecule has 0 spiro atoms. The summed E-state index contributed by atoms with van der Waals surface area (Å²) in [4.78, 5) is 21.4. The van der Waals surface area contributed by atoms with E-state index in [0.717, 1.165) is 12.1 Å². The number of nitrogens with one attached hydrogen (secondary N) is 1. The molecule has 86 valence electrons. The number of rotatable bonds is 4. The molecule has 0 atom stereocenters. The van der Waals surface area contributed by atoms with Crippen molar-refractivity contribution in [2.24, 2.45) is 0 Å². The van der Waals surface area contributed by atoms with Crippen molar-refractivity contribution in [3.05, 3.63) is 24.0 Å². The average Bonchev–Trinajstić information content (AvgIpc) is 2.19. The highest BCUT2D eigenvalue weighted by molar-refractivity contribution is 5.95. The molecule has 0 radical (unpaired) electrons. The van der Waals surface area contributed by atoms with Crippen LogP contribution in [0.15, 0.2) is 18.2 Å². The third kappa shape index (κ3) is 3.56. The molecular weight excluding hydrogens is 215 g/mol. The van der Waals surface area contributed by atoms with Crippen molar-refractivity contribution in [3.8, 4) is 0 Å². The van der Waals surface area contributed by atoms with Crippen LogP contribution in [0.1, 0.15) is 12.8 Å². The molecule has 4 N–H and O–H groups in total. The number of anilines is 2. The first-order valence-electron chi connectivity index (χ1n) is 4.55. The van der Waals surface area contributed by atoms with Crippen molar-refractivity contribution in [2.75, 3.05) is 11.1 Å². The number of carboxylic acids is 1. The lowest BCUT2D eigenvalue weighted by atomic mass is 10.2. The van der Waals surface area contributed by atoms with E-state index in [0.29, 0.717) is 0 Å². The summed E-state index contributed by atoms with van der Waals surface area (Å²) in [5.41, 5.74) is 5.83. The van der Waals surface area contributed by atoms with Gasteiger partial charge in [-0.15, -0.1) is 0 Å². The molecule has 0 unspecified atom stereocenters. The van der Waals surface area contributed by atoms with Crippen LogP contribution in [0.5, 0.6) is 0 Å². The lowest BCUT2D eigenvalue weighted by Crippen LogP contribution is -2.14. The van der Waals surface area contributed by atoms with Gasteiger partial charge in [0.05, 0.1) is 17.8 Å². The third-order valence-corrected chi connectivity index (χ3v) is 1.85. The monoisotopic (exact) mass is 226 g/mol. The molecule has 0 aliphatic heterocycles. The normalized spacial score (nSPS) is 9.81. The zero-order valence-electron chi connectivity index (χ0n) is 8.37. The van der Waals surface area contributed by atoms with E-state index in [1.807, 2.05) is 0 Å². The van der Waals surface area contributed by atoms with E-state index in [1.54, 1.807) is 0 Å². The number of carboxylic acid groups (broad SMARTS) is 1. The average molecular weight is 226 g/mol. The first kappa shape index (κ1) is 12.0. The Bertz CT molecular complexity index is 421. The minimum atomic E-state index is -1.05. The second-order valence-corrected chi connectivity index (χ2v) is 3.17. The minimum absolute atomic E-state index is 0.101. The number of halogens is 1. The van der Waals surface area contributed by atoms with Crippen molar-refractivity contribution in [3.63, 3.8) is 0 Å². The molecule has 0 heterocycles. The van der Waals surface area contributed by atoms with Crippen LogP contribution in [-0.2, 0) is 9.59 Å². The van der Waals surface area contributed by atoms with E-state index in [4.69, 9.17) is 10.8 Å². The van der Waals surface area contributed by atoms with Gasteiger partial charge in [0, 0.05) is 6.42 Å². The van der Waals surface area contributed by atoms with E-state index >= 15 is 0 Å². The van der Waals surface area contributed by atoms with Crippen molar-refractivity contribution >= 4 is 23.3 Å². The fourth-order valence-corrected chi connectivity index (χ4v) is 1.08. The van der Waals surface area contributed by atoms with Gasteiger partial charge in [-0.2, -0.15) is 0 Å². The zero-order chi connectivity index (χ0) is 12.1. The summed E-state index contributed by atoms with van der Waals surface area (Å²) in [6.07, 6.45) is -0.404. The largest absolute Gasteiger partial charge is 0.481 e. The number of carbonyl (C=O) groups excluding carboxylic acids is 1. The molecule has 0 aliphatic rings. The number of amides is 1. The predicted molar refractivity (Wildman–Crippen MR) is 56.3 cm³/mol. The maximum absolute atomic E-state index is 12.7. The molecule has 0 aliphatic carbocycles.